The highest BCUT2D eigenvalue weighted by atomic mass is 16.5. The average molecular weight is 438 g/mol. The van der Waals surface area contributed by atoms with Crippen molar-refractivity contribution < 1.29 is 9.26 Å². The molecule has 0 spiro atoms. The summed E-state index contributed by atoms with van der Waals surface area (Å²) in [6, 6.07) is 7.84. The Labute approximate surface area is 190 Å². The Balaban J connectivity index is 1.80. The zero-order valence-corrected chi connectivity index (χ0v) is 18.8. The van der Waals surface area contributed by atoms with E-state index in [0.717, 1.165) is 61.2 Å². The topological polar surface area (TPSA) is 102 Å². The van der Waals surface area contributed by atoms with Crippen molar-refractivity contribution in [2.45, 2.75) is 13.8 Å². The maximum atomic E-state index is 5.79. The number of hydrogen-bond acceptors (Lipinski definition) is 7. The molecule has 0 bridgehead atoms. The minimum Gasteiger partial charge on any atom is -0.496 e. The van der Waals surface area contributed by atoms with Crippen molar-refractivity contribution in [1.29, 1.82) is 0 Å². The minimum atomic E-state index is 0.623. The molecule has 0 aliphatic rings. The van der Waals surface area contributed by atoms with Crippen LogP contribution in [0.25, 0.3) is 32.9 Å². The summed E-state index contributed by atoms with van der Waals surface area (Å²) in [5, 5.41) is 5.92. The number of nitrogens with one attached hydrogen (secondary N) is 1. The van der Waals surface area contributed by atoms with Crippen LogP contribution in [0.5, 0.6) is 5.75 Å². The van der Waals surface area contributed by atoms with Crippen LogP contribution in [0, 0.1) is 13.8 Å². The molecule has 4 heterocycles. The van der Waals surface area contributed by atoms with Crippen molar-refractivity contribution in [2.75, 3.05) is 14.2 Å². The number of H-pyrrole nitrogens is 1. The Bertz CT molecular complexity index is 1540. The molecule has 0 atom stereocenters. The number of aliphatic imine (C=N–C) groups is 2. The molecule has 164 valence electrons. The third kappa shape index (κ3) is 3.18. The quantitative estimate of drug-likeness (QED) is 0.381. The van der Waals surface area contributed by atoms with Gasteiger partial charge in [0, 0.05) is 53.1 Å². The van der Waals surface area contributed by atoms with Crippen LogP contribution >= 0.6 is 0 Å². The molecule has 0 saturated heterocycles. The van der Waals surface area contributed by atoms with Crippen molar-refractivity contribution in [3.63, 3.8) is 0 Å². The number of methoxy groups -OCH3 is 1. The van der Waals surface area contributed by atoms with Gasteiger partial charge in [0.1, 0.15) is 17.3 Å². The summed E-state index contributed by atoms with van der Waals surface area (Å²) in [6.45, 7) is 7.59. The number of pyridine rings is 2. The molecule has 5 aromatic rings. The number of aryl methyl sites for hydroxylation is 2. The maximum Gasteiger partial charge on any atom is 0.141 e. The Morgan fingerprint density at radius 3 is 2.70 bits per heavy atom. The molecular weight excluding hydrogens is 416 g/mol. The number of rotatable bonds is 5. The number of hydrogen-bond donors (Lipinski definition) is 1. The summed E-state index contributed by atoms with van der Waals surface area (Å²) in [7, 11) is 3.41. The van der Waals surface area contributed by atoms with Crippen LogP contribution in [0.3, 0.4) is 0 Å². The van der Waals surface area contributed by atoms with Crippen molar-refractivity contribution in [1.82, 2.24) is 20.1 Å². The lowest BCUT2D eigenvalue weighted by Crippen LogP contribution is -2.05. The zero-order chi connectivity index (χ0) is 23.1. The molecule has 0 amide bonds. The van der Waals surface area contributed by atoms with Crippen molar-refractivity contribution in [3.8, 4) is 16.9 Å². The number of aromatic nitrogens is 4. The van der Waals surface area contributed by atoms with E-state index in [0.29, 0.717) is 11.6 Å². The SMILES string of the molecule is C=Nc1[nH]c2cc(-c3c(C)noc3C)c(OC)cc2c1/C(=N\C)c1ccnc2ccncc12. The Hall–Kier alpha value is -4.33. The minimum absolute atomic E-state index is 0.623. The fraction of sp³-hybridized carbons (Fsp3) is 0.160. The van der Waals surface area contributed by atoms with E-state index in [1.54, 1.807) is 32.7 Å². The average Bonchev–Trinajstić information content (AvgIpc) is 3.37. The van der Waals surface area contributed by atoms with Gasteiger partial charge < -0.3 is 14.2 Å². The number of benzene rings is 1. The maximum absolute atomic E-state index is 5.79. The van der Waals surface area contributed by atoms with Crippen LogP contribution in [0.4, 0.5) is 5.82 Å². The van der Waals surface area contributed by atoms with E-state index in [4.69, 9.17) is 9.26 Å². The molecule has 8 heteroatoms. The van der Waals surface area contributed by atoms with E-state index >= 15 is 0 Å². The van der Waals surface area contributed by atoms with Crippen LogP contribution in [0.2, 0.25) is 0 Å². The first kappa shape index (κ1) is 20.6. The predicted octanol–water partition coefficient (Wildman–Crippen LogP) is 5.19. The van der Waals surface area contributed by atoms with Crippen LogP contribution < -0.4 is 4.74 Å². The number of fused-ring (bicyclic) bond motifs is 2. The summed E-state index contributed by atoms with van der Waals surface area (Å²) in [6.07, 6.45) is 5.30. The molecule has 0 fully saturated rings. The lowest BCUT2D eigenvalue weighted by atomic mass is 9.96. The van der Waals surface area contributed by atoms with Crippen LogP contribution in [0.15, 0.2) is 57.4 Å². The molecule has 8 nitrogen and oxygen atoms in total. The normalized spacial score (nSPS) is 11.9. The number of ether oxygens (including phenoxy) is 1. The van der Waals surface area contributed by atoms with E-state index in [1.165, 1.54) is 0 Å². The highest BCUT2D eigenvalue weighted by Crippen LogP contribution is 2.41. The third-order valence-electron chi connectivity index (χ3n) is 5.82. The van der Waals surface area contributed by atoms with Gasteiger partial charge in [-0.05, 0) is 44.8 Å². The van der Waals surface area contributed by atoms with Crippen molar-refractivity contribution in [2.24, 2.45) is 9.98 Å². The molecule has 5 rings (SSSR count). The molecule has 33 heavy (non-hydrogen) atoms. The van der Waals surface area contributed by atoms with Gasteiger partial charge >= 0.3 is 0 Å². The number of nitrogens with zero attached hydrogens (tertiary/aromatic N) is 5. The van der Waals surface area contributed by atoms with Crippen LogP contribution in [-0.2, 0) is 0 Å². The lowest BCUT2D eigenvalue weighted by molar-refractivity contribution is 0.393. The summed E-state index contributed by atoms with van der Waals surface area (Å²) < 4.78 is 11.2. The van der Waals surface area contributed by atoms with Gasteiger partial charge in [0.05, 0.1) is 35.2 Å². The second-order valence-corrected chi connectivity index (χ2v) is 7.63. The molecule has 0 saturated carbocycles. The smallest absolute Gasteiger partial charge is 0.141 e. The summed E-state index contributed by atoms with van der Waals surface area (Å²) in [5.41, 5.74) is 6.82. The van der Waals surface area contributed by atoms with Gasteiger partial charge in [-0.15, -0.1) is 0 Å². The first-order valence-corrected chi connectivity index (χ1v) is 10.4. The highest BCUT2D eigenvalue weighted by molar-refractivity contribution is 6.26. The van der Waals surface area contributed by atoms with Crippen LogP contribution in [0.1, 0.15) is 22.6 Å². The molecule has 1 aromatic carbocycles. The lowest BCUT2D eigenvalue weighted by Gasteiger charge is -2.12. The second-order valence-electron chi connectivity index (χ2n) is 7.63. The molecule has 0 aliphatic carbocycles. The molecule has 4 aromatic heterocycles. The summed E-state index contributed by atoms with van der Waals surface area (Å²) >= 11 is 0. The highest BCUT2D eigenvalue weighted by Gasteiger charge is 2.23. The number of aromatic amines is 1. The summed E-state index contributed by atoms with van der Waals surface area (Å²) in [4.78, 5) is 21.1. The monoisotopic (exact) mass is 438 g/mol. The van der Waals surface area contributed by atoms with Gasteiger partial charge in [-0.2, -0.15) is 0 Å². The fourth-order valence-electron chi connectivity index (χ4n) is 4.36. The Morgan fingerprint density at radius 2 is 2.00 bits per heavy atom. The van der Waals surface area contributed by atoms with Gasteiger partial charge in [-0.3, -0.25) is 15.0 Å². The first-order valence-electron chi connectivity index (χ1n) is 10.4. The molecule has 0 aliphatic heterocycles. The van der Waals surface area contributed by atoms with E-state index in [2.05, 4.69) is 36.8 Å². The Kier molecular flexibility index (Phi) is 4.97. The Morgan fingerprint density at radius 1 is 1.15 bits per heavy atom. The van der Waals surface area contributed by atoms with Gasteiger partial charge in [-0.25, -0.2) is 4.99 Å². The van der Waals surface area contributed by atoms with Crippen molar-refractivity contribution in [3.05, 3.63) is 65.4 Å². The fourth-order valence-corrected chi connectivity index (χ4v) is 4.36. The molecular formula is C25H22N6O2. The first-order chi connectivity index (χ1) is 16.1. The largest absolute Gasteiger partial charge is 0.496 e. The van der Waals surface area contributed by atoms with E-state index in [-0.39, 0.29) is 0 Å². The van der Waals surface area contributed by atoms with Crippen molar-refractivity contribution >= 4 is 40.1 Å². The van der Waals surface area contributed by atoms with E-state index in [9.17, 15) is 0 Å². The molecule has 0 radical (unpaired) electrons. The zero-order valence-electron chi connectivity index (χ0n) is 18.8. The van der Waals surface area contributed by atoms with E-state index < -0.39 is 0 Å². The predicted molar refractivity (Wildman–Crippen MR) is 130 cm³/mol. The van der Waals surface area contributed by atoms with E-state index in [1.807, 2.05) is 38.1 Å². The molecule has 1 N–H and O–H groups in total. The van der Waals surface area contributed by atoms with Crippen LogP contribution in [-0.4, -0.2) is 46.7 Å². The second kappa shape index (κ2) is 7.98. The van der Waals surface area contributed by atoms with Gasteiger partial charge in [0.15, 0.2) is 0 Å². The molecule has 0 unspecified atom stereocenters. The standard InChI is InChI=1S/C25H22N6O2/c1-13-22(14(2)33-31-13)17-10-20-16(11-21(17)32-5)23(25(27-4)30-20)24(26-3)15-6-9-29-19-7-8-28-12-18(15)19/h6-12,30H,4H2,1-3,5H3/b26-24-. The third-order valence-corrected chi connectivity index (χ3v) is 5.82. The summed E-state index contributed by atoms with van der Waals surface area (Å²) in [5.74, 6) is 2.05. The van der Waals surface area contributed by atoms with Gasteiger partial charge in [0.25, 0.3) is 0 Å². The van der Waals surface area contributed by atoms with Gasteiger partial charge in [0.2, 0.25) is 0 Å². The van der Waals surface area contributed by atoms with Gasteiger partial charge in [-0.1, -0.05) is 5.16 Å².